The molecule has 2 rings (SSSR count). The Morgan fingerprint density at radius 2 is 2.29 bits per heavy atom. The number of nitrogens with zero attached hydrogens (tertiary/aromatic N) is 2. The molecule has 3 nitrogen and oxygen atoms in total. The van der Waals surface area contributed by atoms with Gasteiger partial charge in [-0.1, -0.05) is 13.8 Å². The van der Waals surface area contributed by atoms with Gasteiger partial charge in [0.25, 0.3) is 0 Å². The summed E-state index contributed by atoms with van der Waals surface area (Å²) in [7, 11) is 2.73. The molecule has 0 spiro atoms. The normalized spacial score (nSPS) is 24.9. The largest absolute Gasteiger partial charge is 0.426 e. The number of fused-ring (bicyclic) bond motifs is 1. The van der Waals surface area contributed by atoms with Crippen LogP contribution in [0.15, 0.2) is 4.99 Å². The molecule has 0 aromatic carbocycles. The quantitative estimate of drug-likeness (QED) is 0.693. The van der Waals surface area contributed by atoms with E-state index in [0.717, 1.165) is 9.88 Å². The van der Waals surface area contributed by atoms with E-state index in [9.17, 15) is 0 Å². The molecule has 0 saturated heterocycles. The van der Waals surface area contributed by atoms with Crippen molar-refractivity contribution >= 4 is 27.0 Å². The maximum atomic E-state index is 5.28. The third-order valence-corrected chi connectivity index (χ3v) is 4.26. The Hall–Kier alpha value is -0.470. The molecule has 0 saturated carbocycles. The average Bonchev–Trinajstić information content (AvgIpc) is 2.48. The first-order valence-corrected chi connectivity index (χ1v) is 5.90. The van der Waals surface area contributed by atoms with Gasteiger partial charge in [-0.3, -0.25) is 0 Å². The van der Waals surface area contributed by atoms with Crippen LogP contribution < -0.4 is 4.74 Å². The van der Waals surface area contributed by atoms with E-state index in [4.69, 9.17) is 4.74 Å². The molecule has 0 aliphatic carbocycles. The highest BCUT2D eigenvalue weighted by Crippen LogP contribution is 2.45. The van der Waals surface area contributed by atoms with Crippen molar-refractivity contribution in [1.29, 1.82) is 0 Å². The highest BCUT2D eigenvalue weighted by Gasteiger charge is 2.31. The van der Waals surface area contributed by atoms with E-state index in [-0.39, 0.29) is 5.28 Å². The first-order chi connectivity index (χ1) is 6.50. The minimum atomic E-state index is -0.265. The minimum Gasteiger partial charge on any atom is -0.426 e. The summed E-state index contributed by atoms with van der Waals surface area (Å²) >= 11 is 1.68. The number of thiazole rings is 1. The van der Waals surface area contributed by atoms with Crippen molar-refractivity contribution in [3.8, 4) is 5.88 Å². The van der Waals surface area contributed by atoms with Gasteiger partial charge in [-0.2, -0.15) is 0 Å². The van der Waals surface area contributed by atoms with Crippen molar-refractivity contribution in [1.82, 2.24) is 4.98 Å². The van der Waals surface area contributed by atoms with Gasteiger partial charge in [-0.05, 0) is 6.92 Å². The molecular weight excluding hydrogens is 215 g/mol. The lowest BCUT2D eigenvalue weighted by molar-refractivity contribution is 0.499. The number of aliphatic imine (C=N–C) groups is 1. The smallest absolute Gasteiger partial charge is 0.237 e. The van der Waals surface area contributed by atoms with Crippen LogP contribution in [0.5, 0.6) is 5.88 Å². The lowest BCUT2D eigenvalue weighted by atomic mass is 10.2. The zero-order valence-electron chi connectivity index (χ0n) is 8.44. The van der Waals surface area contributed by atoms with Crippen LogP contribution in [-0.2, 0) is 5.28 Å². The molecule has 1 aromatic heterocycles. The zero-order chi connectivity index (χ0) is 10.3. The maximum absolute atomic E-state index is 5.28. The van der Waals surface area contributed by atoms with E-state index in [0.29, 0.717) is 11.8 Å². The Labute approximate surface area is 89.8 Å². The van der Waals surface area contributed by atoms with Gasteiger partial charge in [0.15, 0.2) is 6.40 Å². The van der Waals surface area contributed by atoms with Crippen LogP contribution in [0.3, 0.4) is 0 Å². The fourth-order valence-corrected chi connectivity index (χ4v) is 2.59. The molecule has 1 aliphatic heterocycles. The second-order valence-electron chi connectivity index (χ2n) is 3.84. The van der Waals surface area contributed by atoms with Gasteiger partial charge in [-0.25, -0.2) is 9.98 Å². The lowest BCUT2D eigenvalue weighted by Gasteiger charge is -2.21. The molecule has 76 valence electrons. The Morgan fingerprint density at radius 1 is 1.57 bits per heavy atom. The highest BCUT2D eigenvalue weighted by atomic mass is 32.1. The number of rotatable bonds is 1. The molecule has 2 atom stereocenters. The van der Waals surface area contributed by atoms with Gasteiger partial charge in [0, 0.05) is 5.92 Å². The fraction of sp³-hybridized carbons (Fsp3) is 0.556. The molecule has 0 N–H and O–H groups in total. The lowest BCUT2D eigenvalue weighted by Crippen LogP contribution is -2.15. The number of hydrogen-bond acceptors (Lipinski definition) is 4. The summed E-state index contributed by atoms with van der Waals surface area (Å²) in [6, 6.07) is 0. The SMILES string of the molecule is CC(C)c1nc2c(s1)C(C)(P)N=CO2. The van der Waals surface area contributed by atoms with Crippen molar-refractivity contribution in [2.24, 2.45) is 4.99 Å². The fourth-order valence-electron chi connectivity index (χ4n) is 1.21. The molecule has 14 heavy (non-hydrogen) atoms. The number of aromatic nitrogens is 1. The van der Waals surface area contributed by atoms with Gasteiger partial charge in [0.2, 0.25) is 5.88 Å². The molecule has 5 heteroatoms. The Morgan fingerprint density at radius 3 is 2.86 bits per heavy atom. The Bertz CT molecular complexity index is 384. The second kappa shape index (κ2) is 3.28. The standard InChI is InChI=1S/C9H13N2OPS/c1-5(2)8-11-7-6(14-8)9(3,13)10-4-12-7/h4-5H,13H2,1-3H3. The van der Waals surface area contributed by atoms with Crippen LogP contribution in [0.25, 0.3) is 0 Å². The highest BCUT2D eigenvalue weighted by molar-refractivity contribution is 7.21. The topological polar surface area (TPSA) is 34.5 Å². The number of hydrogen-bond donors (Lipinski definition) is 0. The predicted molar refractivity (Wildman–Crippen MR) is 62.4 cm³/mol. The maximum Gasteiger partial charge on any atom is 0.237 e. The van der Waals surface area contributed by atoms with Crippen LogP contribution in [0, 0.1) is 0 Å². The zero-order valence-corrected chi connectivity index (χ0v) is 10.4. The molecule has 0 amide bonds. The van der Waals surface area contributed by atoms with Gasteiger partial charge < -0.3 is 4.74 Å². The molecule has 0 bridgehead atoms. The average molecular weight is 228 g/mol. The van der Waals surface area contributed by atoms with E-state index in [2.05, 4.69) is 33.1 Å². The van der Waals surface area contributed by atoms with Gasteiger partial charge in [0.1, 0.15) is 10.2 Å². The van der Waals surface area contributed by atoms with E-state index in [1.54, 1.807) is 11.3 Å². The summed E-state index contributed by atoms with van der Waals surface area (Å²) in [6.45, 7) is 6.30. The van der Waals surface area contributed by atoms with E-state index in [1.165, 1.54) is 6.40 Å². The molecule has 2 heterocycles. The van der Waals surface area contributed by atoms with Crippen molar-refractivity contribution in [2.75, 3.05) is 0 Å². The van der Waals surface area contributed by atoms with E-state index in [1.807, 2.05) is 6.92 Å². The van der Waals surface area contributed by atoms with Gasteiger partial charge in [-0.15, -0.1) is 20.6 Å². The summed E-state index contributed by atoms with van der Waals surface area (Å²) in [6.07, 6.45) is 1.47. The molecule has 1 aromatic rings. The van der Waals surface area contributed by atoms with Crippen LogP contribution in [0.1, 0.15) is 36.6 Å². The van der Waals surface area contributed by atoms with Gasteiger partial charge in [0.05, 0.1) is 5.01 Å². The van der Waals surface area contributed by atoms with Gasteiger partial charge >= 0.3 is 0 Å². The third-order valence-electron chi connectivity index (χ3n) is 2.05. The van der Waals surface area contributed by atoms with Crippen molar-refractivity contribution < 1.29 is 4.74 Å². The van der Waals surface area contributed by atoms with Crippen LogP contribution >= 0.6 is 20.6 Å². The van der Waals surface area contributed by atoms with Crippen LogP contribution in [0.2, 0.25) is 0 Å². The predicted octanol–water partition coefficient (Wildman–Crippen LogP) is 2.74. The molecule has 1 aliphatic rings. The summed E-state index contributed by atoms with van der Waals surface area (Å²) in [5.74, 6) is 1.15. The first-order valence-electron chi connectivity index (χ1n) is 4.51. The van der Waals surface area contributed by atoms with E-state index >= 15 is 0 Å². The Kier molecular flexibility index (Phi) is 2.36. The number of ether oxygens (including phenoxy) is 1. The third kappa shape index (κ3) is 1.57. The molecular formula is C9H13N2OPS. The van der Waals surface area contributed by atoms with Crippen molar-refractivity contribution in [2.45, 2.75) is 32.0 Å². The summed E-state index contributed by atoms with van der Waals surface area (Å²) < 4.78 is 5.28. The Balaban J connectivity index is 2.47. The molecule has 0 radical (unpaired) electrons. The molecule has 0 fully saturated rings. The van der Waals surface area contributed by atoms with E-state index < -0.39 is 0 Å². The summed E-state index contributed by atoms with van der Waals surface area (Å²) in [5, 5.41) is 0.840. The van der Waals surface area contributed by atoms with Crippen LogP contribution in [0.4, 0.5) is 0 Å². The molecule has 2 unspecified atom stereocenters. The van der Waals surface area contributed by atoms with Crippen molar-refractivity contribution in [3.05, 3.63) is 9.88 Å². The van der Waals surface area contributed by atoms with Crippen molar-refractivity contribution in [3.63, 3.8) is 0 Å². The van der Waals surface area contributed by atoms with Crippen LogP contribution in [-0.4, -0.2) is 11.4 Å². The first kappa shape index (κ1) is 10.1. The minimum absolute atomic E-state index is 0.265. The summed E-state index contributed by atoms with van der Waals surface area (Å²) in [5.41, 5.74) is 0. The monoisotopic (exact) mass is 228 g/mol. The summed E-state index contributed by atoms with van der Waals surface area (Å²) in [4.78, 5) is 9.79. The second-order valence-corrected chi connectivity index (χ2v) is 6.00.